The number of nitrogens with zero attached hydrogens (tertiary/aromatic N) is 2. The van der Waals surface area contributed by atoms with Gasteiger partial charge in [0.2, 0.25) is 0 Å². The molecule has 2 heterocycles. The van der Waals surface area contributed by atoms with Gasteiger partial charge in [0.15, 0.2) is 0 Å². The molecule has 2 aromatic heterocycles. The van der Waals surface area contributed by atoms with Crippen LogP contribution in [0.2, 0.25) is 0 Å². The Labute approximate surface area is 222 Å². The predicted octanol–water partition coefficient (Wildman–Crippen LogP) is 8.17. The molecule has 0 amide bonds. The lowest BCUT2D eigenvalue weighted by Gasteiger charge is -2.12. The molecule has 6 aromatic rings. The van der Waals surface area contributed by atoms with E-state index in [1.54, 1.807) is 7.11 Å². The molecule has 4 aromatic carbocycles. The zero-order valence-electron chi connectivity index (χ0n) is 21.1. The Bertz CT molecular complexity index is 1700. The summed E-state index contributed by atoms with van der Waals surface area (Å²) in [6, 6.07) is 45.5. The van der Waals surface area contributed by atoms with E-state index in [9.17, 15) is 0 Å². The first-order valence-electron chi connectivity index (χ1n) is 12.6. The second-order valence-electron chi connectivity index (χ2n) is 8.94. The quantitative estimate of drug-likeness (QED) is 0.220. The number of benzene rings is 4. The summed E-state index contributed by atoms with van der Waals surface area (Å²) in [6.07, 6.45) is 2.07. The maximum Gasteiger partial charge on any atom is 0.137 e. The highest BCUT2D eigenvalue weighted by molar-refractivity contribution is 5.92. The fourth-order valence-corrected chi connectivity index (χ4v) is 4.70. The Balaban J connectivity index is 1.74. The van der Waals surface area contributed by atoms with Crippen molar-refractivity contribution in [2.45, 2.75) is 0 Å². The van der Waals surface area contributed by atoms with Crippen LogP contribution in [0.5, 0.6) is 5.75 Å². The molecule has 3 heteroatoms. The number of hydrogen-bond acceptors (Lipinski definition) is 2. The van der Waals surface area contributed by atoms with Gasteiger partial charge in [0.25, 0.3) is 0 Å². The van der Waals surface area contributed by atoms with Gasteiger partial charge in [0, 0.05) is 17.3 Å². The molecule has 0 aliphatic rings. The van der Waals surface area contributed by atoms with Crippen LogP contribution in [0, 0.1) is 0 Å². The topological polar surface area (TPSA) is 26.5 Å². The van der Waals surface area contributed by atoms with E-state index in [0.717, 1.165) is 56.2 Å². The fraction of sp³-hybridized carbons (Fsp3) is 0.0286. The summed E-state index contributed by atoms with van der Waals surface area (Å²) in [5.74, 6) is 0.813. The van der Waals surface area contributed by atoms with Gasteiger partial charge in [-0.3, -0.25) is 4.40 Å². The van der Waals surface area contributed by atoms with Crippen molar-refractivity contribution >= 4 is 16.8 Å². The minimum atomic E-state index is 0.813. The molecule has 0 saturated heterocycles. The van der Waals surface area contributed by atoms with Crippen molar-refractivity contribution in [1.29, 1.82) is 0 Å². The van der Waals surface area contributed by atoms with Crippen molar-refractivity contribution in [3.63, 3.8) is 0 Å². The van der Waals surface area contributed by atoms with Crippen LogP contribution in [0.4, 0.5) is 0 Å². The molecule has 0 saturated carbocycles. The number of pyridine rings is 1. The molecule has 3 nitrogen and oxygen atoms in total. The van der Waals surface area contributed by atoms with E-state index in [0.29, 0.717) is 0 Å². The van der Waals surface area contributed by atoms with Crippen LogP contribution < -0.4 is 4.74 Å². The number of hydrogen-bond donors (Lipinski definition) is 0. The lowest BCUT2D eigenvalue weighted by Crippen LogP contribution is -1.97. The number of fused-ring (bicyclic) bond motifs is 1. The Morgan fingerprint density at radius 3 is 1.68 bits per heavy atom. The Morgan fingerprint density at radius 1 is 0.605 bits per heavy atom. The SMILES string of the molecule is COc1ccc(-c2nc3ccccn3c2C(=C=C(c2ccccc2)c2ccccc2)c2ccccc2)cc1. The van der Waals surface area contributed by atoms with Crippen molar-refractivity contribution in [3.8, 4) is 17.0 Å². The van der Waals surface area contributed by atoms with Gasteiger partial charge in [-0.1, -0.05) is 97.1 Å². The van der Waals surface area contributed by atoms with Gasteiger partial charge in [-0.05, 0) is 53.1 Å². The first-order chi connectivity index (χ1) is 18.8. The van der Waals surface area contributed by atoms with Crippen molar-refractivity contribution in [2.75, 3.05) is 7.11 Å². The summed E-state index contributed by atoms with van der Waals surface area (Å²) in [5, 5.41) is 0. The zero-order valence-corrected chi connectivity index (χ0v) is 21.1. The molecule has 0 aliphatic carbocycles. The number of ether oxygens (including phenoxy) is 1. The molecule has 0 atom stereocenters. The van der Waals surface area contributed by atoms with E-state index in [2.05, 4.69) is 101 Å². The van der Waals surface area contributed by atoms with Gasteiger partial charge < -0.3 is 4.74 Å². The molecule has 0 fully saturated rings. The van der Waals surface area contributed by atoms with Crippen LogP contribution in [0.15, 0.2) is 145 Å². The smallest absolute Gasteiger partial charge is 0.137 e. The average Bonchev–Trinajstić information content (AvgIpc) is 3.38. The van der Waals surface area contributed by atoms with Crippen molar-refractivity contribution < 1.29 is 4.74 Å². The molecule has 0 N–H and O–H groups in total. The lowest BCUT2D eigenvalue weighted by molar-refractivity contribution is 0.415. The third-order valence-corrected chi connectivity index (χ3v) is 6.57. The van der Waals surface area contributed by atoms with Crippen molar-refractivity contribution in [1.82, 2.24) is 9.38 Å². The summed E-state index contributed by atoms with van der Waals surface area (Å²) in [7, 11) is 1.68. The Hall–Kier alpha value is -5.11. The predicted molar refractivity (Wildman–Crippen MR) is 155 cm³/mol. The molecule has 6 rings (SSSR count). The molecular formula is C35H26N2O. The Morgan fingerprint density at radius 2 is 1.13 bits per heavy atom. The molecule has 0 radical (unpaired) electrons. The van der Waals surface area contributed by atoms with Crippen LogP contribution in [0.1, 0.15) is 22.4 Å². The van der Waals surface area contributed by atoms with Gasteiger partial charge in [-0.15, -0.1) is 5.73 Å². The van der Waals surface area contributed by atoms with Gasteiger partial charge in [-0.2, -0.15) is 0 Å². The summed E-state index contributed by atoms with van der Waals surface area (Å²) in [6.45, 7) is 0. The third kappa shape index (κ3) is 4.55. The van der Waals surface area contributed by atoms with Crippen LogP contribution in [-0.2, 0) is 0 Å². The van der Waals surface area contributed by atoms with E-state index in [1.807, 2.05) is 48.5 Å². The number of methoxy groups -OCH3 is 1. The van der Waals surface area contributed by atoms with Gasteiger partial charge >= 0.3 is 0 Å². The molecule has 182 valence electrons. The van der Waals surface area contributed by atoms with Gasteiger partial charge in [-0.25, -0.2) is 4.98 Å². The van der Waals surface area contributed by atoms with E-state index < -0.39 is 0 Å². The average molecular weight is 491 g/mol. The maximum atomic E-state index is 5.42. The molecule has 0 aliphatic heterocycles. The van der Waals surface area contributed by atoms with Crippen LogP contribution in [0.3, 0.4) is 0 Å². The van der Waals surface area contributed by atoms with E-state index in [1.165, 1.54) is 0 Å². The molecule has 0 spiro atoms. The highest BCUT2D eigenvalue weighted by Gasteiger charge is 2.20. The minimum Gasteiger partial charge on any atom is -0.497 e. The first kappa shape index (κ1) is 23.3. The summed E-state index contributed by atoms with van der Waals surface area (Å²) >= 11 is 0. The van der Waals surface area contributed by atoms with E-state index in [4.69, 9.17) is 9.72 Å². The minimum absolute atomic E-state index is 0.813. The van der Waals surface area contributed by atoms with Crippen LogP contribution >= 0.6 is 0 Å². The van der Waals surface area contributed by atoms with Crippen molar-refractivity contribution in [3.05, 3.63) is 168 Å². The van der Waals surface area contributed by atoms with Gasteiger partial charge in [0.1, 0.15) is 11.4 Å². The summed E-state index contributed by atoms with van der Waals surface area (Å²) in [5.41, 5.74) is 12.9. The highest BCUT2D eigenvalue weighted by atomic mass is 16.5. The van der Waals surface area contributed by atoms with Crippen molar-refractivity contribution in [2.24, 2.45) is 0 Å². The molecule has 38 heavy (non-hydrogen) atoms. The molecule has 0 unspecified atom stereocenters. The van der Waals surface area contributed by atoms with Crippen LogP contribution in [0.25, 0.3) is 28.1 Å². The lowest BCUT2D eigenvalue weighted by atomic mass is 9.94. The van der Waals surface area contributed by atoms with Gasteiger partial charge in [0.05, 0.1) is 24.1 Å². The number of imidazole rings is 1. The monoisotopic (exact) mass is 490 g/mol. The first-order valence-corrected chi connectivity index (χ1v) is 12.6. The second-order valence-corrected chi connectivity index (χ2v) is 8.94. The highest BCUT2D eigenvalue weighted by Crippen LogP contribution is 2.35. The summed E-state index contributed by atoms with van der Waals surface area (Å²) < 4.78 is 7.57. The largest absolute Gasteiger partial charge is 0.497 e. The number of rotatable bonds is 6. The molecule has 0 bridgehead atoms. The maximum absolute atomic E-state index is 5.42. The Kier molecular flexibility index (Phi) is 6.42. The van der Waals surface area contributed by atoms with E-state index >= 15 is 0 Å². The third-order valence-electron chi connectivity index (χ3n) is 6.57. The zero-order chi connectivity index (χ0) is 25.7. The normalized spacial score (nSPS) is 10.7. The summed E-state index contributed by atoms with van der Waals surface area (Å²) in [4.78, 5) is 5.09. The molecular weight excluding hydrogens is 464 g/mol. The van der Waals surface area contributed by atoms with E-state index in [-0.39, 0.29) is 0 Å². The fourth-order valence-electron chi connectivity index (χ4n) is 4.70. The number of aromatic nitrogens is 2. The van der Waals surface area contributed by atoms with Crippen LogP contribution in [-0.4, -0.2) is 16.5 Å². The second kappa shape index (κ2) is 10.5. The standard InChI is InChI=1S/C35H26N2O/c1-38-30-22-20-29(21-23-30)34-35(37-24-12-11-19-33(37)36-34)32(28-17-9-4-10-18-28)25-31(26-13-5-2-6-14-26)27-15-7-3-8-16-27/h2-24H,1H3.